The summed E-state index contributed by atoms with van der Waals surface area (Å²) in [6, 6.07) is 7.77. The number of rotatable bonds is 0. The molecule has 0 aliphatic rings. The van der Waals surface area contributed by atoms with Crippen molar-refractivity contribution < 1.29 is 0 Å². The van der Waals surface area contributed by atoms with E-state index in [4.69, 9.17) is 11.6 Å². The molecule has 10 heavy (non-hydrogen) atoms. The maximum Gasteiger partial charge on any atom is 0.0435 e. The summed E-state index contributed by atoms with van der Waals surface area (Å²) in [7, 11) is 0. The van der Waals surface area contributed by atoms with E-state index in [1.54, 1.807) is 0 Å². The van der Waals surface area contributed by atoms with Crippen molar-refractivity contribution >= 4 is 36.4 Å². The standard InChI is InChI=1S/C7H7Cl.2ClH/c1-6-4-2-3-5-7(6)8;;/h2-5H,1H3;2*1H. The Bertz CT molecular complexity index is 165. The topological polar surface area (TPSA) is 0 Å². The average molecular weight is 200 g/mol. The highest BCUT2D eigenvalue weighted by Crippen LogP contribution is 2.11. The fraction of sp³-hybridized carbons (Fsp3) is 0.143. The summed E-state index contributed by atoms with van der Waals surface area (Å²) in [4.78, 5) is 0. The lowest BCUT2D eigenvalue weighted by molar-refractivity contribution is 1.47. The molecule has 0 amide bonds. The quantitative estimate of drug-likeness (QED) is 0.600. The molecule has 1 aromatic carbocycles. The van der Waals surface area contributed by atoms with Crippen LogP contribution in [0.15, 0.2) is 24.3 Å². The Balaban J connectivity index is 0. The summed E-state index contributed by atoms with van der Waals surface area (Å²) in [5, 5.41) is 0.840. The molecule has 0 aromatic heterocycles. The number of aryl methyl sites for hydroxylation is 1. The van der Waals surface area contributed by atoms with Crippen molar-refractivity contribution in [3.8, 4) is 0 Å². The van der Waals surface area contributed by atoms with Crippen molar-refractivity contribution in [2.75, 3.05) is 0 Å². The second kappa shape index (κ2) is 5.84. The Morgan fingerprint density at radius 1 is 1.10 bits per heavy atom. The number of benzene rings is 1. The monoisotopic (exact) mass is 198 g/mol. The normalized spacial score (nSPS) is 7.40. The van der Waals surface area contributed by atoms with E-state index < -0.39 is 0 Å². The molecule has 0 aliphatic heterocycles. The van der Waals surface area contributed by atoms with Crippen molar-refractivity contribution in [1.29, 1.82) is 0 Å². The van der Waals surface area contributed by atoms with Gasteiger partial charge in [0.05, 0.1) is 0 Å². The maximum atomic E-state index is 5.71. The van der Waals surface area contributed by atoms with Crippen molar-refractivity contribution in [1.82, 2.24) is 0 Å². The molecule has 1 rings (SSSR count). The molecule has 0 saturated carbocycles. The molecular formula is C7H9Cl3. The highest BCUT2D eigenvalue weighted by atomic mass is 35.5. The minimum atomic E-state index is 0. The van der Waals surface area contributed by atoms with Crippen LogP contribution in [-0.4, -0.2) is 0 Å². The molecule has 58 valence electrons. The molecule has 0 unspecified atom stereocenters. The van der Waals surface area contributed by atoms with E-state index in [0.717, 1.165) is 10.6 Å². The smallest absolute Gasteiger partial charge is 0.0435 e. The summed E-state index contributed by atoms with van der Waals surface area (Å²) < 4.78 is 0. The molecule has 1 aromatic rings. The summed E-state index contributed by atoms with van der Waals surface area (Å²) in [5.74, 6) is 0. The zero-order chi connectivity index (χ0) is 5.98. The van der Waals surface area contributed by atoms with Gasteiger partial charge in [-0.3, -0.25) is 0 Å². The number of hydrogen-bond donors (Lipinski definition) is 0. The molecule has 0 fully saturated rings. The third-order valence-electron chi connectivity index (χ3n) is 1.08. The lowest BCUT2D eigenvalue weighted by atomic mass is 10.2. The van der Waals surface area contributed by atoms with Crippen LogP contribution in [0.3, 0.4) is 0 Å². The Kier molecular flexibility index (Phi) is 7.44. The van der Waals surface area contributed by atoms with Crippen molar-refractivity contribution in [2.24, 2.45) is 0 Å². The SMILES string of the molecule is Cc1ccccc1Cl.Cl.Cl. The first-order valence-corrected chi connectivity index (χ1v) is 2.89. The van der Waals surface area contributed by atoms with Crippen LogP contribution in [0.1, 0.15) is 5.56 Å². The molecule has 3 heteroatoms. The van der Waals surface area contributed by atoms with Gasteiger partial charge >= 0.3 is 0 Å². The van der Waals surface area contributed by atoms with Crippen molar-refractivity contribution in [2.45, 2.75) is 6.92 Å². The van der Waals surface area contributed by atoms with E-state index in [1.165, 1.54) is 0 Å². The molecule has 0 bridgehead atoms. The molecule has 0 nitrogen and oxygen atoms in total. The van der Waals surface area contributed by atoms with Gasteiger partial charge in [0, 0.05) is 5.02 Å². The average Bonchev–Trinajstić information content (AvgIpc) is 1.77. The van der Waals surface area contributed by atoms with Gasteiger partial charge in [-0.05, 0) is 18.6 Å². The summed E-state index contributed by atoms with van der Waals surface area (Å²) in [5.41, 5.74) is 1.13. The second-order valence-electron chi connectivity index (χ2n) is 1.75. The highest BCUT2D eigenvalue weighted by Gasteiger charge is 1.86. The van der Waals surface area contributed by atoms with Crippen LogP contribution in [0.2, 0.25) is 5.02 Å². The van der Waals surface area contributed by atoms with Gasteiger partial charge in [-0.15, -0.1) is 24.8 Å². The first-order valence-electron chi connectivity index (χ1n) is 2.52. The molecule has 0 atom stereocenters. The third kappa shape index (κ3) is 3.31. The van der Waals surface area contributed by atoms with Gasteiger partial charge < -0.3 is 0 Å². The van der Waals surface area contributed by atoms with E-state index in [0.29, 0.717) is 0 Å². The third-order valence-corrected chi connectivity index (χ3v) is 1.50. The molecule has 0 N–H and O–H groups in total. The summed E-state index contributed by atoms with van der Waals surface area (Å²) in [6.07, 6.45) is 0. The van der Waals surface area contributed by atoms with Gasteiger partial charge in [-0.2, -0.15) is 0 Å². The number of hydrogen-bond acceptors (Lipinski definition) is 0. The lowest BCUT2D eigenvalue weighted by Gasteiger charge is -1.90. The minimum absolute atomic E-state index is 0. The molecule has 0 heterocycles. The van der Waals surface area contributed by atoms with Crippen molar-refractivity contribution in [3.63, 3.8) is 0 Å². The van der Waals surface area contributed by atoms with E-state index in [2.05, 4.69) is 0 Å². The van der Waals surface area contributed by atoms with E-state index in [-0.39, 0.29) is 24.8 Å². The number of halogens is 3. The van der Waals surface area contributed by atoms with Gasteiger partial charge in [0.2, 0.25) is 0 Å². The first kappa shape index (κ1) is 12.7. The van der Waals surface area contributed by atoms with Crippen LogP contribution < -0.4 is 0 Å². The zero-order valence-electron chi connectivity index (χ0n) is 5.50. The van der Waals surface area contributed by atoms with Gasteiger partial charge in [0.15, 0.2) is 0 Å². The zero-order valence-corrected chi connectivity index (χ0v) is 7.89. The van der Waals surface area contributed by atoms with Crippen molar-refractivity contribution in [3.05, 3.63) is 34.9 Å². The Morgan fingerprint density at radius 3 is 1.90 bits per heavy atom. The predicted molar refractivity (Wildman–Crippen MR) is 50.7 cm³/mol. The van der Waals surface area contributed by atoms with Crippen LogP contribution in [0.4, 0.5) is 0 Å². The predicted octanol–water partition coefficient (Wildman–Crippen LogP) is 3.49. The molecule has 0 spiro atoms. The summed E-state index contributed by atoms with van der Waals surface area (Å²) in [6.45, 7) is 1.99. The molecular weight excluding hydrogens is 190 g/mol. The Hall–Kier alpha value is 0.0900. The highest BCUT2D eigenvalue weighted by molar-refractivity contribution is 6.31. The largest absolute Gasteiger partial charge is 0.147 e. The van der Waals surface area contributed by atoms with E-state index in [9.17, 15) is 0 Å². The molecule has 0 saturated heterocycles. The lowest BCUT2D eigenvalue weighted by Crippen LogP contribution is -1.68. The van der Waals surface area contributed by atoms with Crippen LogP contribution in [0.25, 0.3) is 0 Å². The second-order valence-corrected chi connectivity index (χ2v) is 2.16. The summed E-state index contributed by atoms with van der Waals surface area (Å²) >= 11 is 5.71. The van der Waals surface area contributed by atoms with Gasteiger partial charge in [-0.25, -0.2) is 0 Å². The fourth-order valence-electron chi connectivity index (χ4n) is 0.551. The van der Waals surface area contributed by atoms with Gasteiger partial charge in [-0.1, -0.05) is 29.8 Å². The van der Waals surface area contributed by atoms with Gasteiger partial charge in [0.25, 0.3) is 0 Å². The molecule has 0 aliphatic carbocycles. The molecule has 0 radical (unpaired) electrons. The van der Waals surface area contributed by atoms with E-state index in [1.807, 2.05) is 31.2 Å². The fourth-order valence-corrected chi connectivity index (χ4v) is 0.687. The van der Waals surface area contributed by atoms with E-state index >= 15 is 0 Å². The van der Waals surface area contributed by atoms with Gasteiger partial charge in [0.1, 0.15) is 0 Å². The minimum Gasteiger partial charge on any atom is -0.147 e. The van der Waals surface area contributed by atoms with Crippen LogP contribution in [0, 0.1) is 6.92 Å². The van der Waals surface area contributed by atoms with Crippen LogP contribution >= 0.6 is 36.4 Å². The maximum absolute atomic E-state index is 5.71. The van der Waals surface area contributed by atoms with Crippen LogP contribution in [0.5, 0.6) is 0 Å². The Morgan fingerprint density at radius 2 is 1.60 bits per heavy atom. The van der Waals surface area contributed by atoms with Crippen LogP contribution in [-0.2, 0) is 0 Å². The first-order chi connectivity index (χ1) is 3.80. The Labute approximate surface area is 78.4 Å².